The molecule has 0 fully saturated rings. The average Bonchev–Trinajstić information content (AvgIpc) is 2.67. The summed E-state index contributed by atoms with van der Waals surface area (Å²) in [5, 5.41) is 0.753. The van der Waals surface area contributed by atoms with Gasteiger partial charge < -0.3 is 0 Å². The van der Waals surface area contributed by atoms with Crippen molar-refractivity contribution in [2.24, 2.45) is 5.73 Å². The van der Waals surface area contributed by atoms with Crippen molar-refractivity contribution in [3.63, 3.8) is 0 Å². The molecule has 2 rings (SSSR count). The second-order valence-electron chi connectivity index (χ2n) is 3.46. The van der Waals surface area contributed by atoms with Crippen LogP contribution in [0.2, 0.25) is 0 Å². The number of anilines is 1. The number of nitrogens with zero attached hydrogens (tertiary/aromatic N) is 3. The molecule has 2 aromatic rings. The molecular weight excluding hydrogens is 285 g/mol. The van der Waals surface area contributed by atoms with Crippen molar-refractivity contribution in [3.05, 3.63) is 18.1 Å². The summed E-state index contributed by atoms with van der Waals surface area (Å²) >= 11 is 2.77. The van der Waals surface area contributed by atoms with Crippen molar-refractivity contribution < 1.29 is 4.74 Å². The van der Waals surface area contributed by atoms with E-state index in [9.17, 15) is 0 Å². The summed E-state index contributed by atoms with van der Waals surface area (Å²) in [4.78, 5) is 8.18. The number of nitrogen functional groups attached to an aromatic ring is 1. The van der Waals surface area contributed by atoms with Crippen LogP contribution in [-0.4, -0.2) is 41.3 Å². The van der Waals surface area contributed by atoms with Crippen molar-refractivity contribution in [3.8, 4) is 0 Å². The molecule has 0 radical (unpaired) electrons. The number of hydrogen-bond acceptors (Lipinski definition) is 5. The molecule has 0 saturated carbocycles. The van der Waals surface area contributed by atoms with Crippen LogP contribution in [0.4, 0.5) is 5.82 Å². The fourth-order valence-corrected chi connectivity index (χ4v) is 1.95. The third-order valence-electron chi connectivity index (χ3n) is 2.38. The first kappa shape index (κ1) is 12.0. The monoisotopic (exact) mass is 299 g/mol. The molecule has 0 unspecified atom stereocenters. The van der Waals surface area contributed by atoms with Crippen LogP contribution in [0.3, 0.4) is 0 Å². The predicted octanol–water partition coefficient (Wildman–Crippen LogP) is -0.387. The second-order valence-corrected chi connectivity index (χ2v) is 4.38. The van der Waals surface area contributed by atoms with Gasteiger partial charge in [-0.25, -0.2) is 0 Å². The second kappa shape index (κ2) is 4.83. The van der Waals surface area contributed by atoms with Gasteiger partial charge in [0.25, 0.3) is 0 Å². The van der Waals surface area contributed by atoms with Gasteiger partial charge in [0.2, 0.25) is 0 Å². The minimum atomic E-state index is 0.413. The number of ether oxygens (including phenoxy) is 1. The van der Waals surface area contributed by atoms with E-state index in [4.69, 9.17) is 16.2 Å². The van der Waals surface area contributed by atoms with E-state index in [1.54, 1.807) is 0 Å². The summed E-state index contributed by atoms with van der Waals surface area (Å²) in [5.41, 5.74) is 13.2. The maximum absolute atomic E-state index is 5.85. The molecule has 0 saturated heterocycles. The van der Waals surface area contributed by atoms with E-state index in [1.807, 2.05) is 17.7 Å². The molecular formula is C10H13N5OSe. The third kappa shape index (κ3) is 2.17. The molecule has 0 bridgehead atoms. The first-order valence-corrected chi connectivity index (χ1v) is 5.97. The van der Waals surface area contributed by atoms with E-state index in [2.05, 4.69) is 25.5 Å². The van der Waals surface area contributed by atoms with Crippen molar-refractivity contribution >= 4 is 37.0 Å². The van der Waals surface area contributed by atoms with Crippen LogP contribution in [0.15, 0.2) is 12.5 Å². The van der Waals surface area contributed by atoms with Gasteiger partial charge >= 0.3 is 106 Å². The Balaban J connectivity index is 2.62. The van der Waals surface area contributed by atoms with Gasteiger partial charge in [0.1, 0.15) is 0 Å². The molecule has 0 spiro atoms. The van der Waals surface area contributed by atoms with Gasteiger partial charge in [-0.15, -0.1) is 0 Å². The number of rotatable bonds is 4. The normalized spacial score (nSPS) is 10.9. The van der Waals surface area contributed by atoms with Crippen LogP contribution in [-0.2, 0) is 11.5 Å². The summed E-state index contributed by atoms with van der Waals surface area (Å²) < 4.78 is 7.78. The van der Waals surface area contributed by atoms with Crippen molar-refractivity contribution in [2.45, 2.75) is 13.7 Å². The van der Waals surface area contributed by atoms with E-state index in [-0.39, 0.29) is 0 Å². The Morgan fingerprint density at radius 2 is 2.29 bits per heavy atom. The fraction of sp³-hybridized carbons (Fsp3) is 0.300. The van der Waals surface area contributed by atoms with Gasteiger partial charge in [0.05, 0.1) is 0 Å². The first-order chi connectivity index (χ1) is 8.15. The minimum absolute atomic E-state index is 0.413. The van der Waals surface area contributed by atoms with Crippen molar-refractivity contribution in [2.75, 3.05) is 12.3 Å². The van der Waals surface area contributed by atoms with Gasteiger partial charge in [-0.1, -0.05) is 0 Å². The van der Waals surface area contributed by atoms with E-state index >= 15 is 0 Å². The summed E-state index contributed by atoms with van der Waals surface area (Å²) in [7, 11) is 0. The van der Waals surface area contributed by atoms with Gasteiger partial charge in [0, 0.05) is 0 Å². The van der Waals surface area contributed by atoms with Crippen LogP contribution in [0, 0.1) is 0 Å². The fourth-order valence-electron chi connectivity index (χ4n) is 1.62. The third-order valence-corrected chi connectivity index (χ3v) is 2.84. The molecule has 2 aromatic heterocycles. The Morgan fingerprint density at radius 3 is 2.94 bits per heavy atom. The van der Waals surface area contributed by atoms with Crippen molar-refractivity contribution in [1.82, 2.24) is 14.5 Å². The van der Waals surface area contributed by atoms with Crippen molar-refractivity contribution in [1.29, 1.82) is 0 Å². The van der Waals surface area contributed by atoms with Gasteiger partial charge in [0.15, 0.2) is 0 Å². The zero-order valence-corrected chi connectivity index (χ0v) is 11.1. The Bertz CT molecular complexity index is 565. The van der Waals surface area contributed by atoms with Gasteiger partial charge in [-0.2, -0.15) is 0 Å². The molecule has 2 heterocycles. The molecule has 0 aliphatic heterocycles. The topological polar surface area (TPSA) is 92.0 Å². The molecule has 0 aromatic carbocycles. The average molecular weight is 298 g/mol. The summed E-state index contributed by atoms with van der Waals surface area (Å²) in [6.45, 7) is 2.98. The zero-order valence-electron chi connectivity index (χ0n) is 9.38. The summed E-state index contributed by atoms with van der Waals surface area (Å²) in [6.07, 6.45) is 3.29. The maximum atomic E-state index is 5.85. The molecule has 0 atom stereocenters. The van der Waals surface area contributed by atoms with Crippen LogP contribution in [0.25, 0.3) is 11.0 Å². The van der Waals surface area contributed by atoms with E-state index < -0.39 is 0 Å². The number of nitrogens with two attached hydrogens (primary N) is 2. The molecule has 90 valence electrons. The molecule has 6 nitrogen and oxygen atoms in total. The SMILES string of the molecule is CCOCn1cc(C(N)=[Se])c2c(N)ncnc21. The summed E-state index contributed by atoms with van der Waals surface area (Å²) in [6, 6.07) is 0. The van der Waals surface area contributed by atoms with Crippen LogP contribution in [0.5, 0.6) is 0 Å². The number of hydrogen-bond donors (Lipinski definition) is 2. The van der Waals surface area contributed by atoms with Gasteiger partial charge in [-0.3, -0.25) is 0 Å². The van der Waals surface area contributed by atoms with E-state index in [0.717, 1.165) is 16.6 Å². The Hall–Kier alpha value is -1.43. The van der Waals surface area contributed by atoms with Gasteiger partial charge in [-0.05, 0) is 0 Å². The first-order valence-electron chi connectivity index (χ1n) is 5.12. The van der Waals surface area contributed by atoms with Crippen LogP contribution in [0.1, 0.15) is 12.5 Å². The molecule has 0 aliphatic rings. The number of fused-ring (bicyclic) bond motifs is 1. The Kier molecular flexibility index (Phi) is 3.42. The Morgan fingerprint density at radius 1 is 1.53 bits per heavy atom. The number of aromatic nitrogens is 3. The molecule has 17 heavy (non-hydrogen) atoms. The Labute approximate surface area is 106 Å². The molecule has 4 N–H and O–H groups in total. The molecule has 0 aliphatic carbocycles. The quantitative estimate of drug-likeness (QED) is 0.750. The summed E-state index contributed by atoms with van der Waals surface area (Å²) in [5.74, 6) is 0.415. The van der Waals surface area contributed by atoms with E-state index in [1.165, 1.54) is 6.33 Å². The van der Waals surface area contributed by atoms with Crippen LogP contribution >= 0.6 is 0 Å². The van der Waals surface area contributed by atoms with Crippen LogP contribution < -0.4 is 11.5 Å². The molecule has 0 amide bonds. The predicted molar refractivity (Wildman–Crippen MR) is 67.6 cm³/mol. The molecule has 7 heteroatoms. The standard InChI is InChI=1S/C10H13N5OSe/c1-2-16-5-15-3-6(9(12)17)7-8(11)13-4-14-10(7)15/h3-4H,2,5H2,1H3,(H2,12,17)(H2,11,13,14). The zero-order chi connectivity index (χ0) is 12.4. The van der Waals surface area contributed by atoms with E-state index in [0.29, 0.717) is 23.7 Å².